The molecular weight excluding hydrogens is 651 g/mol. The van der Waals surface area contributed by atoms with E-state index in [1.807, 2.05) is 12.1 Å². The molecule has 5 aromatic carbocycles. The molecule has 0 amide bonds. The minimum absolute atomic E-state index is 0.124. The van der Waals surface area contributed by atoms with Gasteiger partial charge in [0.25, 0.3) is 0 Å². The minimum atomic E-state index is 0.124. The molecule has 3 heterocycles. The largest absolute Gasteiger partial charge is 0.308 e. The molecule has 0 radical (unpaired) electrons. The fourth-order valence-electron chi connectivity index (χ4n) is 10.8. The van der Waals surface area contributed by atoms with Crippen molar-refractivity contribution in [1.29, 1.82) is 0 Å². The summed E-state index contributed by atoms with van der Waals surface area (Å²) in [6.45, 7) is 0. The van der Waals surface area contributed by atoms with Gasteiger partial charge in [0, 0.05) is 61.2 Å². The maximum atomic E-state index is 14.0. The summed E-state index contributed by atoms with van der Waals surface area (Å²) >= 11 is 0. The fraction of sp³-hybridized carbons (Fsp3) is 0.250. The van der Waals surface area contributed by atoms with Gasteiger partial charge in [0.1, 0.15) is 0 Å². The third-order valence-corrected chi connectivity index (χ3v) is 13.5. The number of hydrogen-bond acceptors (Lipinski definition) is 4. The molecule has 0 aliphatic heterocycles. The topological polar surface area (TPSA) is 64.3 Å². The number of ketones is 2. The summed E-state index contributed by atoms with van der Waals surface area (Å²) in [5.74, 6) is 2.39. The Kier molecular flexibility index (Phi) is 6.15. The molecule has 256 valence electrons. The summed E-state index contributed by atoms with van der Waals surface area (Å²) in [5, 5.41) is 4.62. The Morgan fingerprint density at radius 2 is 0.887 bits per heavy atom. The molecular formula is C48H37N3O2. The zero-order valence-corrected chi connectivity index (χ0v) is 29.4. The second-order valence-corrected chi connectivity index (χ2v) is 16.2. The summed E-state index contributed by atoms with van der Waals surface area (Å²) in [5.41, 5.74) is 12.3. The highest BCUT2D eigenvalue weighted by atomic mass is 16.1. The van der Waals surface area contributed by atoms with Crippen LogP contribution in [0.25, 0.3) is 72.0 Å². The van der Waals surface area contributed by atoms with E-state index in [4.69, 9.17) is 9.97 Å². The molecule has 6 aliphatic rings. The zero-order chi connectivity index (χ0) is 34.9. The molecule has 14 rings (SSSR count). The molecule has 0 spiro atoms. The Bertz CT molecular complexity index is 2650. The Morgan fingerprint density at radius 3 is 1.34 bits per heavy atom. The third kappa shape index (κ3) is 4.25. The first-order valence-electron chi connectivity index (χ1n) is 19.5. The van der Waals surface area contributed by atoms with Gasteiger partial charge < -0.3 is 4.40 Å². The number of hydrogen-bond donors (Lipinski definition) is 0. The van der Waals surface area contributed by atoms with Gasteiger partial charge in [-0.05, 0) is 117 Å². The molecule has 5 nitrogen and oxygen atoms in total. The van der Waals surface area contributed by atoms with Gasteiger partial charge >= 0.3 is 0 Å². The van der Waals surface area contributed by atoms with Gasteiger partial charge in [0.2, 0.25) is 0 Å². The van der Waals surface area contributed by atoms with Crippen molar-refractivity contribution in [1.82, 2.24) is 14.4 Å². The van der Waals surface area contributed by atoms with Crippen molar-refractivity contribution in [2.45, 2.75) is 63.2 Å². The Morgan fingerprint density at radius 1 is 0.453 bits per heavy atom. The normalized spacial score (nSPS) is 22.2. The van der Waals surface area contributed by atoms with E-state index < -0.39 is 0 Å². The van der Waals surface area contributed by atoms with Crippen LogP contribution < -0.4 is 0 Å². The highest BCUT2D eigenvalue weighted by molar-refractivity contribution is 6.26. The molecule has 2 saturated carbocycles. The molecule has 3 aromatic heterocycles. The molecule has 0 N–H and O–H groups in total. The smallest absolute Gasteiger partial charge is 0.166 e. The first kappa shape index (κ1) is 29.9. The number of benzene rings is 5. The van der Waals surface area contributed by atoms with Crippen LogP contribution in [0.2, 0.25) is 0 Å². The average Bonchev–Trinajstić information content (AvgIpc) is 3.53. The summed E-state index contributed by atoms with van der Waals surface area (Å²) in [6, 6.07) is 36.5. The standard InChI is InChI=1S/C48H37N3O2/c52-46-30-15-11-26(12-16-30)33-21-35-37-19-32(48-49-41(28-7-3-1-4-8-28)25-42(50-48)29-9-5-2-6-10-29)20-38-36-22-34-27-13-17-31(18-14-27)47(53)40(34)24-44(36)51(45(37)38)43(35)23-39(33)46/h1-10,19-27,30-31H,11-18H2. The predicted molar refractivity (Wildman–Crippen MR) is 211 cm³/mol. The van der Waals surface area contributed by atoms with E-state index in [2.05, 4.69) is 95.4 Å². The van der Waals surface area contributed by atoms with E-state index in [1.165, 1.54) is 11.1 Å². The molecule has 0 saturated heterocycles. The van der Waals surface area contributed by atoms with Crippen molar-refractivity contribution in [3.05, 3.63) is 125 Å². The molecule has 2 fully saturated rings. The quantitative estimate of drug-likeness (QED) is 0.185. The van der Waals surface area contributed by atoms with E-state index in [0.717, 1.165) is 129 Å². The maximum Gasteiger partial charge on any atom is 0.166 e. The van der Waals surface area contributed by atoms with Crippen molar-refractivity contribution in [2.24, 2.45) is 11.8 Å². The number of nitrogens with zero attached hydrogens (tertiary/aromatic N) is 3. The molecule has 53 heavy (non-hydrogen) atoms. The lowest BCUT2D eigenvalue weighted by atomic mass is 9.82. The van der Waals surface area contributed by atoms with Crippen LogP contribution in [0.3, 0.4) is 0 Å². The first-order valence-corrected chi connectivity index (χ1v) is 19.5. The monoisotopic (exact) mass is 687 g/mol. The van der Waals surface area contributed by atoms with Crippen molar-refractivity contribution >= 4 is 49.7 Å². The fourth-order valence-corrected chi connectivity index (χ4v) is 10.8. The lowest BCUT2D eigenvalue weighted by molar-refractivity contribution is 0.0891. The number of carbonyl (C=O) groups excluding carboxylic acids is 2. The number of rotatable bonds is 3. The molecule has 8 aromatic rings. The number of Topliss-reactive ketones (excluding diaryl/α,β-unsaturated/α-hetero) is 2. The van der Waals surface area contributed by atoms with Gasteiger partial charge in [0.15, 0.2) is 17.4 Å². The maximum absolute atomic E-state index is 14.0. The Hall–Kier alpha value is -5.68. The van der Waals surface area contributed by atoms with Crippen LogP contribution in [-0.4, -0.2) is 25.9 Å². The van der Waals surface area contributed by atoms with E-state index in [1.54, 1.807) is 0 Å². The number of fused-ring (bicyclic) bond motifs is 10. The molecule has 6 aliphatic carbocycles. The van der Waals surface area contributed by atoms with Crippen LogP contribution in [0.4, 0.5) is 0 Å². The van der Waals surface area contributed by atoms with Gasteiger partial charge in [0.05, 0.1) is 27.9 Å². The summed E-state index contributed by atoms with van der Waals surface area (Å²) < 4.78 is 2.37. The third-order valence-electron chi connectivity index (χ3n) is 13.5. The van der Waals surface area contributed by atoms with Crippen LogP contribution >= 0.6 is 0 Å². The van der Waals surface area contributed by atoms with E-state index >= 15 is 0 Å². The lowest BCUT2D eigenvalue weighted by Gasteiger charge is -2.22. The number of aromatic nitrogens is 3. The van der Waals surface area contributed by atoms with Gasteiger partial charge in [-0.15, -0.1) is 0 Å². The van der Waals surface area contributed by atoms with Crippen LogP contribution in [0.5, 0.6) is 0 Å². The summed E-state index contributed by atoms with van der Waals surface area (Å²) in [7, 11) is 0. The van der Waals surface area contributed by atoms with Gasteiger partial charge in [-0.3, -0.25) is 9.59 Å². The second-order valence-electron chi connectivity index (χ2n) is 16.2. The predicted octanol–water partition coefficient (Wildman–Crippen LogP) is 11.6. The first-order chi connectivity index (χ1) is 26.1. The van der Waals surface area contributed by atoms with Crippen molar-refractivity contribution in [3.63, 3.8) is 0 Å². The van der Waals surface area contributed by atoms with Crippen LogP contribution in [0.1, 0.15) is 95.0 Å². The zero-order valence-electron chi connectivity index (χ0n) is 29.4. The highest BCUT2D eigenvalue weighted by Gasteiger charge is 2.38. The highest BCUT2D eigenvalue weighted by Crippen LogP contribution is 2.50. The van der Waals surface area contributed by atoms with Gasteiger partial charge in [-0.1, -0.05) is 60.7 Å². The van der Waals surface area contributed by atoms with Gasteiger partial charge in [-0.25, -0.2) is 9.97 Å². The molecule has 0 unspecified atom stereocenters. The minimum Gasteiger partial charge on any atom is -0.308 e. The van der Waals surface area contributed by atoms with Crippen molar-refractivity contribution in [2.75, 3.05) is 0 Å². The van der Waals surface area contributed by atoms with Crippen molar-refractivity contribution < 1.29 is 9.59 Å². The van der Waals surface area contributed by atoms with Gasteiger partial charge in [-0.2, -0.15) is 0 Å². The SMILES string of the molecule is O=C1c2cc3c(cc2C2CCC1CC2)c1cc(-c2nc(-c4ccccc4)cc(-c4ccccc4)n2)cc2c4cc5c(cc4n3c12)C(=O)C1CCC5CC1. The summed E-state index contributed by atoms with van der Waals surface area (Å²) in [6.07, 6.45) is 8.23. The molecule has 5 heteroatoms. The Balaban J connectivity index is 1.19. The molecule has 0 atom stereocenters. The van der Waals surface area contributed by atoms with Crippen LogP contribution in [0, 0.1) is 11.8 Å². The molecule has 4 bridgehead atoms. The average molecular weight is 688 g/mol. The Labute approximate surface area is 307 Å². The number of carbonyl (C=O) groups is 2. The van der Waals surface area contributed by atoms with Crippen LogP contribution in [-0.2, 0) is 0 Å². The van der Waals surface area contributed by atoms with E-state index in [9.17, 15) is 9.59 Å². The van der Waals surface area contributed by atoms with E-state index in [-0.39, 0.29) is 11.8 Å². The summed E-state index contributed by atoms with van der Waals surface area (Å²) in [4.78, 5) is 38.6. The van der Waals surface area contributed by atoms with E-state index in [0.29, 0.717) is 29.2 Å². The lowest BCUT2D eigenvalue weighted by Crippen LogP contribution is -2.15. The second kappa shape index (κ2) is 10.9. The van der Waals surface area contributed by atoms with Crippen LogP contribution in [0.15, 0.2) is 103 Å². The van der Waals surface area contributed by atoms with Crippen molar-refractivity contribution in [3.8, 4) is 33.9 Å².